The molecule has 1 amide bonds. The van der Waals surface area contributed by atoms with E-state index in [1.54, 1.807) is 17.1 Å². The van der Waals surface area contributed by atoms with Crippen molar-refractivity contribution in [1.29, 1.82) is 0 Å². The quantitative estimate of drug-likeness (QED) is 0.852. The number of fused-ring (bicyclic) bond motifs is 1. The number of nitrogens with zero attached hydrogens (tertiary/aromatic N) is 2. The third-order valence-electron chi connectivity index (χ3n) is 3.35. The SMILES string of the molecule is Cn1cc(NC(=O)c2cccc3c2CCNC3)cn1. The lowest BCUT2D eigenvalue weighted by atomic mass is 9.95. The highest BCUT2D eigenvalue weighted by molar-refractivity contribution is 6.05. The molecule has 0 unspecified atom stereocenters. The highest BCUT2D eigenvalue weighted by atomic mass is 16.1. The first-order valence-electron chi connectivity index (χ1n) is 6.35. The molecule has 19 heavy (non-hydrogen) atoms. The van der Waals surface area contributed by atoms with E-state index in [0.29, 0.717) is 0 Å². The third-order valence-corrected chi connectivity index (χ3v) is 3.35. The second-order valence-electron chi connectivity index (χ2n) is 4.73. The fourth-order valence-electron chi connectivity index (χ4n) is 2.43. The van der Waals surface area contributed by atoms with Gasteiger partial charge >= 0.3 is 0 Å². The summed E-state index contributed by atoms with van der Waals surface area (Å²) in [6, 6.07) is 5.89. The van der Waals surface area contributed by atoms with E-state index in [-0.39, 0.29) is 5.91 Å². The molecule has 1 aromatic heterocycles. The molecule has 0 fully saturated rings. The number of nitrogens with one attached hydrogen (secondary N) is 2. The summed E-state index contributed by atoms with van der Waals surface area (Å²) in [5, 5.41) is 10.2. The zero-order valence-corrected chi connectivity index (χ0v) is 10.8. The van der Waals surface area contributed by atoms with Crippen molar-refractivity contribution in [3.05, 3.63) is 47.3 Å². The molecule has 5 nitrogen and oxygen atoms in total. The Hall–Kier alpha value is -2.14. The van der Waals surface area contributed by atoms with Gasteiger partial charge in [-0.3, -0.25) is 9.48 Å². The maximum atomic E-state index is 12.3. The van der Waals surface area contributed by atoms with E-state index in [0.717, 1.165) is 36.3 Å². The highest BCUT2D eigenvalue weighted by Crippen LogP contribution is 2.19. The second kappa shape index (κ2) is 4.85. The number of hydrogen-bond donors (Lipinski definition) is 2. The number of hydrogen-bond acceptors (Lipinski definition) is 3. The Balaban J connectivity index is 1.87. The van der Waals surface area contributed by atoms with Crippen molar-refractivity contribution in [2.24, 2.45) is 7.05 Å². The number of aryl methyl sites for hydroxylation is 1. The van der Waals surface area contributed by atoms with Gasteiger partial charge in [0.1, 0.15) is 0 Å². The van der Waals surface area contributed by atoms with E-state index in [2.05, 4.69) is 21.8 Å². The average Bonchev–Trinajstić information content (AvgIpc) is 2.83. The van der Waals surface area contributed by atoms with Crippen molar-refractivity contribution < 1.29 is 4.79 Å². The standard InChI is InChI=1S/C14H16N4O/c1-18-9-11(8-16-18)17-14(19)13-4-2-3-10-7-15-6-5-12(10)13/h2-4,8-9,15H,5-7H2,1H3,(H,17,19). The molecule has 0 aliphatic carbocycles. The molecule has 2 heterocycles. The molecule has 0 spiro atoms. The van der Waals surface area contributed by atoms with Crippen molar-refractivity contribution in [3.8, 4) is 0 Å². The lowest BCUT2D eigenvalue weighted by Gasteiger charge is -2.19. The number of benzene rings is 1. The normalized spacial score (nSPS) is 13.9. The molecule has 0 saturated carbocycles. The molecule has 1 aliphatic rings. The topological polar surface area (TPSA) is 59.0 Å². The molecule has 2 N–H and O–H groups in total. The number of rotatable bonds is 2. The summed E-state index contributed by atoms with van der Waals surface area (Å²) in [6.07, 6.45) is 4.33. The molecule has 1 aliphatic heterocycles. The van der Waals surface area contributed by atoms with Crippen LogP contribution in [-0.2, 0) is 20.0 Å². The Morgan fingerprint density at radius 1 is 1.47 bits per heavy atom. The molecule has 0 atom stereocenters. The summed E-state index contributed by atoms with van der Waals surface area (Å²) in [5.41, 5.74) is 3.86. The van der Waals surface area contributed by atoms with Gasteiger partial charge in [0.25, 0.3) is 5.91 Å². The van der Waals surface area contributed by atoms with Crippen LogP contribution in [0.1, 0.15) is 21.5 Å². The van der Waals surface area contributed by atoms with Crippen molar-refractivity contribution in [1.82, 2.24) is 15.1 Å². The molecule has 2 aromatic rings. The molecular weight excluding hydrogens is 240 g/mol. The summed E-state index contributed by atoms with van der Waals surface area (Å²) >= 11 is 0. The predicted octanol–water partition coefficient (Wildman–Crippen LogP) is 1.32. The van der Waals surface area contributed by atoms with Crippen LogP contribution < -0.4 is 10.6 Å². The average molecular weight is 256 g/mol. The first kappa shape index (κ1) is 11.9. The number of amides is 1. The zero-order chi connectivity index (χ0) is 13.2. The fraction of sp³-hybridized carbons (Fsp3) is 0.286. The van der Waals surface area contributed by atoms with Crippen molar-refractivity contribution in [2.45, 2.75) is 13.0 Å². The first-order valence-corrected chi connectivity index (χ1v) is 6.35. The summed E-state index contributed by atoms with van der Waals surface area (Å²) < 4.78 is 1.67. The monoisotopic (exact) mass is 256 g/mol. The fourth-order valence-corrected chi connectivity index (χ4v) is 2.43. The lowest BCUT2D eigenvalue weighted by molar-refractivity contribution is 0.102. The molecule has 1 aromatic carbocycles. The van der Waals surface area contributed by atoms with Crippen LogP contribution in [0.25, 0.3) is 0 Å². The molecule has 5 heteroatoms. The molecule has 0 saturated heterocycles. The number of aromatic nitrogens is 2. The minimum Gasteiger partial charge on any atom is -0.319 e. The van der Waals surface area contributed by atoms with E-state index in [4.69, 9.17) is 0 Å². The summed E-state index contributed by atoms with van der Waals surface area (Å²) in [7, 11) is 1.83. The van der Waals surface area contributed by atoms with Gasteiger partial charge in [0.05, 0.1) is 11.9 Å². The summed E-state index contributed by atoms with van der Waals surface area (Å²) in [4.78, 5) is 12.3. The number of anilines is 1. The van der Waals surface area contributed by atoms with Gasteiger partial charge in [0.15, 0.2) is 0 Å². The Morgan fingerprint density at radius 2 is 2.37 bits per heavy atom. The smallest absolute Gasteiger partial charge is 0.256 e. The van der Waals surface area contributed by atoms with Crippen molar-refractivity contribution in [3.63, 3.8) is 0 Å². The Kier molecular flexibility index (Phi) is 3.05. The number of carbonyl (C=O) groups is 1. The van der Waals surface area contributed by atoms with E-state index in [1.807, 2.05) is 19.2 Å². The maximum Gasteiger partial charge on any atom is 0.256 e. The minimum atomic E-state index is -0.0632. The predicted molar refractivity (Wildman–Crippen MR) is 73.0 cm³/mol. The van der Waals surface area contributed by atoms with Gasteiger partial charge in [-0.25, -0.2) is 0 Å². The van der Waals surface area contributed by atoms with Crippen molar-refractivity contribution >= 4 is 11.6 Å². The van der Waals surface area contributed by atoms with E-state index in [9.17, 15) is 4.79 Å². The second-order valence-corrected chi connectivity index (χ2v) is 4.73. The summed E-state index contributed by atoms with van der Waals surface area (Å²) in [5.74, 6) is -0.0632. The van der Waals surface area contributed by atoms with Crippen LogP contribution in [0.5, 0.6) is 0 Å². The van der Waals surface area contributed by atoms with Gasteiger partial charge < -0.3 is 10.6 Å². The van der Waals surface area contributed by atoms with Gasteiger partial charge in [-0.05, 0) is 30.2 Å². The van der Waals surface area contributed by atoms with Crippen LogP contribution in [0.2, 0.25) is 0 Å². The Morgan fingerprint density at radius 3 is 3.16 bits per heavy atom. The van der Waals surface area contributed by atoms with Crippen LogP contribution >= 0.6 is 0 Å². The third kappa shape index (κ3) is 2.37. The van der Waals surface area contributed by atoms with Gasteiger partial charge in [0.2, 0.25) is 0 Å². The Bertz CT molecular complexity index is 618. The largest absolute Gasteiger partial charge is 0.319 e. The van der Waals surface area contributed by atoms with Crippen LogP contribution in [0.3, 0.4) is 0 Å². The van der Waals surface area contributed by atoms with Gasteiger partial charge in [0, 0.05) is 25.4 Å². The molecule has 0 radical (unpaired) electrons. The first-order chi connectivity index (χ1) is 9.24. The molecule has 3 rings (SSSR count). The maximum absolute atomic E-state index is 12.3. The van der Waals surface area contributed by atoms with E-state index < -0.39 is 0 Å². The zero-order valence-electron chi connectivity index (χ0n) is 10.8. The summed E-state index contributed by atoms with van der Waals surface area (Å²) in [6.45, 7) is 1.76. The van der Waals surface area contributed by atoms with Crippen LogP contribution in [0.4, 0.5) is 5.69 Å². The van der Waals surface area contributed by atoms with E-state index in [1.165, 1.54) is 5.56 Å². The lowest BCUT2D eigenvalue weighted by Crippen LogP contribution is -2.26. The molecule has 98 valence electrons. The van der Waals surface area contributed by atoms with Gasteiger partial charge in [-0.2, -0.15) is 5.10 Å². The number of carbonyl (C=O) groups excluding carboxylic acids is 1. The van der Waals surface area contributed by atoms with Gasteiger partial charge in [-0.15, -0.1) is 0 Å². The van der Waals surface area contributed by atoms with Crippen LogP contribution in [0.15, 0.2) is 30.6 Å². The van der Waals surface area contributed by atoms with Gasteiger partial charge in [-0.1, -0.05) is 12.1 Å². The Labute approximate surface area is 111 Å². The van der Waals surface area contributed by atoms with Crippen molar-refractivity contribution in [2.75, 3.05) is 11.9 Å². The molecule has 0 bridgehead atoms. The minimum absolute atomic E-state index is 0.0632. The van der Waals surface area contributed by atoms with Crippen LogP contribution in [-0.4, -0.2) is 22.2 Å². The highest BCUT2D eigenvalue weighted by Gasteiger charge is 2.17. The molecular formula is C14H16N4O. The van der Waals surface area contributed by atoms with E-state index >= 15 is 0 Å². The van der Waals surface area contributed by atoms with Crippen LogP contribution in [0, 0.1) is 0 Å².